The molecule has 1 aromatic carbocycles. The van der Waals surface area contributed by atoms with Crippen molar-refractivity contribution >= 4 is 22.3 Å². The van der Waals surface area contributed by atoms with Gasteiger partial charge in [-0.3, -0.25) is 9.20 Å². The summed E-state index contributed by atoms with van der Waals surface area (Å²) >= 11 is 0. The molecule has 0 spiro atoms. The van der Waals surface area contributed by atoms with Crippen molar-refractivity contribution in [3.63, 3.8) is 0 Å². The predicted molar refractivity (Wildman–Crippen MR) is 69.3 cm³/mol. The van der Waals surface area contributed by atoms with Crippen LogP contribution in [0.4, 0.5) is 0 Å². The molecular formula is C14H12N2O2. The monoisotopic (exact) mass is 240 g/mol. The van der Waals surface area contributed by atoms with Crippen molar-refractivity contribution < 1.29 is 9.53 Å². The first-order chi connectivity index (χ1) is 8.69. The Morgan fingerprint density at radius 1 is 1.28 bits per heavy atom. The van der Waals surface area contributed by atoms with Crippen LogP contribution < -0.4 is 4.74 Å². The molecule has 0 bridgehead atoms. The quantitative estimate of drug-likeness (QED) is 0.647. The number of hydrogen-bond acceptors (Lipinski definition) is 3. The molecular weight excluding hydrogens is 228 g/mol. The highest BCUT2D eigenvalue weighted by Crippen LogP contribution is 2.22. The second-order valence-electron chi connectivity index (χ2n) is 4.17. The number of nitrogens with zero attached hydrogens (tertiary/aromatic N) is 2. The van der Waals surface area contributed by atoms with E-state index in [0.29, 0.717) is 5.69 Å². The van der Waals surface area contributed by atoms with E-state index in [1.54, 1.807) is 13.3 Å². The van der Waals surface area contributed by atoms with Gasteiger partial charge < -0.3 is 4.74 Å². The molecule has 4 heteroatoms. The third-order valence-electron chi connectivity index (χ3n) is 3.00. The zero-order chi connectivity index (χ0) is 12.7. The van der Waals surface area contributed by atoms with Gasteiger partial charge in [-0.25, -0.2) is 4.98 Å². The number of fused-ring (bicyclic) bond motifs is 3. The van der Waals surface area contributed by atoms with Crippen LogP contribution in [0.3, 0.4) is 0 Å². The van der Waals surface area contributed by atoms with E-state index in [0.717, 1.165) is 22.3 Å². The maximum absolute atomic E-state index is 11.4. The van der Waals surface area contributed by atoms with E-state index in [-0.39, 0.29) is 5.78 Å². The standard InChI is InChI=1S/C14H12N2O2/c1-9(17)12-8-16-13-7-11(18-2)5-3-10(13)4-6-14(16)15-12/h3-8H,1-2H3. The van der Waals surface area contributed by atoms with Gasteiger partial charge in [0.1, 0.15) is 17.1 Å². The molecule has 0 unspecified atom stereocenters. The van der Waals surface area contributed by atoms with Crippen LogP contribution in [0.1, 0.15) is 17.4 Å². The van der Waals surface area contributed by atoms with Crippen molar-refractivity contribution in [1.82, 2.24) is 9.38 Å². The number of benzene rings is 1. The van der Waals surface area contributed by atoms with Gasteiger partial charge in [0.2, 0.25) is 0 Å². The summed E-state index contributed by atoms with van der Waals surface area (Å²) in [6.45, 7) is 1.52. The van der Waals surface area contributed by atoms with Gasteiger partial charge in [0.25, 0.3) is 0 Å². The molecule has 0 aliphatic rings. The first kappa shape index (κ1) is 10.8. The second-order valence-corrected chi connectivity index (χ2v) is 4.17. The molecule has 18 heavy (non-hydrogen) atoms. The van der Waals surface area contributed by atoms with Gasteiger partial charge in [0.05, 0.1) is 12.6 Å². The van der Waals surface area contributed by atoms with Gasteiger partial charge >= 0.3 is 0 Å². The highest BCUT2D eigenvalue weighted by molar-refractivity contribution is 5.93. The number of methoxy groups -OCH3 is 1. The summed E-state index contributed by atoms with van der Waals surface area (Å²) in [4.78, 5) is 15.7. The summed E-state index contributed by atoms with van der Waals surface area (Å²) < 4.78 is 7.14. The first-order valence-corrected chi connectivity index (χ1v) is 5.66. The third kappa shape index (κ3) is 1.54. The molecule has 0 fully saturated rings. The molecule has 4 nitrogen and oxygen atoms in total. The van der Waals surface area contributed by atoms with Crippen LogP contribution in [-0.4, -0.2) is 22.3 Å². The van der Waals surface area contributed by atoms with Gasteiger partial charge in [-0.05, 0) is 29.7 Å². The van der Waals surface area contributed by atoms with Gasteiger partial charge in [0.15, 0.2) is 5.78 Å². The van der Waals surface area contributed by atoms with Gasteiger partial charge in [-0.1, -0.05) is 0 Å². The molecule has 2 heterocycles. The lowest BCUT2D eigenvalue weighted by molar-refractivity contribution is 0.101. The van der Waals surface area contributed by atoms with Crippen LogP contribution in [0.25, 0.3) is 16.6 Å². The average molecular weight is 240 g/mol. The van der Waals surface area contributed by atoms with Crippen LogP contribution in [0.15, 0.2) is 36.5 Å². The number of hydrogen-bond donors (Lipinski definition) is 0. The first-order valence-electron chi connectivity index (χ1n) is 5.66. The van der Waals surface area contributed by atoms with Gasteiger partial charge in [0, 0.05) is 19.2 Å². The van der Waals surface area contributed by atoms with E-state index >= 15 is 0 Å². The summed E-state index contributed by atoms with van der Waals surface area (Å²) in [6.07, 6.45) is 1.76. The molecule has 0 radical (unpaired) electrons. The number of aromatic nitrogens is 2. The zero-order valence-corrected chi connectivity index (χ0v) is 10.2. The molecule has 3 rings (SSSR count). The second kappa shape index (κ2) is 3.84. The Morgan fingerprint density at radius 3 is 2.78 bits per heavy atom. The number of rotatable bonds is 2. The SMILES string of the molecule is COc1ccc2ccc3nc(C(C)=O)cn3c2c1. The maximum atomic E-state index is 11.4. The topological polar surface area (TPSA) is 43.6 Å². The van der Waals surface area contributed by atoms with Crippen LogP contribution in [0.2, 0.25) is 0 Å². The van der Waals surface area contributed by atoms with Crippen molar-refractivity contribution in [1.29, 1.82) is 0 Å². The minimum Gasteiger partial charge on any atom is -0.497 e. The Morgan fingerprint density at radius 2 is 2.06 bits per heavy atom. The van der Waals surface area contributed by atoms with Crippen molar-refractivity contribution in [2.24, 2.45) is 0 Å². The van der Waals surface area contributed by atoms with E-state index in [9.17, 15) is 4.79 Å². The molecule has 0 N–H and O–H groups in total. The fourth-order valence-corrected chi connectivity index (χ4v) is 2.04. The molecule has 0 saturated heterocycles. The lowest BCUT2D eigenvalue weighted by Gasteiger charge is -2.04. The highest BCUT2D eigenvalue weighted by Gasteiger charge is 2.08. The van der Waals surface area contributed by atoms with Gasteiger partial charge in [-0.15, -0.1) is 0 Å². The maximum Gasteiger partial charge on any atom is 0.179 e. The largest absolute Gasteiger partial charge is 0.497 e. The number of carbonyl (C=O) groups is 1. The van der Waals surface area contributed by atoms with Crippen molar-refractivity contribution in [3.8, 4) is 5.75 Å². The molecule has 0 atom stereocenters. The number of ketones is 1. The fourth-order valence-electron chi connectivity index (χ4n) is 2.04. The minimum absolute atomic E-state index is 0.0326. The van der Waals surface area contributed by atoms with Crippen molar-refractivity contribution in [3.05, 3.63) is 42.2 Å². The molecule has 0 aliphatic carbocycles. The number of carbonyl (C=O) groups excluding carboxylic acids is 1. The lowest BCUT2D eigenvalue weighted by atomic mass is 10.2. The molecule has 3 aromatic rings. The molecule has 0 saturated carbocycles. The summed E-state index contributed by atoms with van der Waals surface area (Å²) in [7, 11) is 1.64. The number of Topliss-reactive ketones (excluding diaryl/α,β-unsaturated/α-hetero) is 1. The molecule has 0 amide bonds. The average Bonchev–Trinajstić information content (AvgIpc) is 2.82. The van der Waals surface area contributed by atoms with Crippen LogP contribution >= 0.6 is 0 Å². The molecule has 90 valence electrons. The highest BCUT2D eigenvalue weighted by atomic mass is 16.5. The third-order valence-corrected chi connectivity index (χ3v) is 3.00. The summed E-state index contributed by atoms with van der Waals surface area (Å²) in [6, 6.07) is 9.73. The normalized spacial score (nSPS) is 11.0. The number of pyridine rings is 1. The van der Waals surface area contributed by atoms with Crippen molar-refractivity contribution in [2.75, 3.05) is 7.11 Å². The summed E-state index contributed by atoms with van der Waals surface area (Å²) in [5, 5.41) is 1.08. The minimum atomic E-state index is -0.0326. The smallest absolute Gasteiger partial charge is 0.179 e. The summed E-state index contributed by atoms with van der Waals surface area (Å²) in [5.41, 5.74) is 2.22. The van der Waals surface area contributed by atoms with Crippen LogP contribution in [-0.2, 0) is 0 Å². The summed E-state index contributed by atoms with van der Waals surface area (Å²) in [5.74, 6) is 0.753. The number of ether oxygens (including phenoxy) is 1. The zero-order valence-electron chi connectivity index (χ0n) is 10.2. The Kier molecular flexibility index (Phi) is 2.30. The Labute approximate surface area is 104 Å². The Bertz CT molecular complexity index is 759. The van der Waals surface area contributed by atoms with Gasteiger partial charge in [-0.2, -0.15) is 0 Å². The van der Waals surface area contributed by atoms with Crippen LogP contribution in [0, 0.1) is 0 Å². The lowest BCUT2D eigenvalue weighted by Crippen LogP contribution is -1.90. The van der Waals surface area contributed by atoms with Crippen molar-refractivity contribution in [2.45, 2.75) is 6.92 Å². The van der Waals surface area contributed by atoms with E-state index in [1.165, 1.54) is 6.92 Å². The van der Waals surface area contributed by atoms with E-state index < -0.39 is 0 Å². The number of imidazole rings is 1. The Balaban J connectivity index is 2.39. The van der Waals surface area contributed by atoms with Crippen LogP contribution in [0.5, 0.6) is 5.75 Å². The van der Waals surface area contributed by atoms with E-state index in [2.05, 4.69) is 4.98 Å². The fraction of sp³-hybridized carbons (Fsp3) is 0.143. The molecule has 0 aliphatic heterocycles. The van der Waals surface area contributed by atoms with E-state index in [4.69, 9.17) is 4.74 Å². The predicted octanol–water partition coefficient (Wildman–Crippen LogP) is 2.70. The van der Waals surface area contributed by atoms with E-state index in [1.807, 2.05) is 34.7 Å². The Hall–Kier alpha value is -2.36. The molecule has 2 aromatic heterocycles.